The quantitative estimate of drug-likeness (QED) is 0.800. The second-order valence-corrected chi connectivity index (χ2v) is 5.83. The Morgan fingerprint density at radius 1 is 1.33 bits per heavy atom. The summed E-state index contributed by atoms with van der Waals surface area (Å²) in [6, 6.07) is 6.95. The van der Waals surface area contributed by atoms with E-state index < -0.39 is 0 Å². The van der Waals surface area contributed by atoms with Crippen LogP contribution in [0.25, 0.3) is 0 Å². The Labute approximate surface area is 108 Å². The number of rotatable bonds is 2. The van der Waals surface area contributed by atoms with Crippen LogP contribution in [0, 0.1) is 22.6 Å². The molecule has 1 aromatic carbocycles. The van der Waals surface area contributed by atoms with Gasteiger partial charge in [-0.15, -0.1) is 0 Å². The SMILES string of the molecule is CC1(C)CCN(Cc2cccc(C#N)c2F)CC1. The first-order chi connectivity index (χ1) is 8.52. The molecule has 96 valence electrons. The Hall–Kier alpha value is -1.40. The van der Waals surface area contributed by atoms with Gasteiger partial charge in [-0.05, 0) is 37.4 Å². The molecule has 0 atom stereocenters. The van der Waals surface area contributed by atoms with Crippen LogP contribution in [0.3, 0.4) is 0 Å². The number of halogens is 1. The summed E-state index contributed by atoms with van der Waals surface area (Å²) >= 11 is 0. The van der Waals surface area contributed by atoms with Gasteiger partial charge in [0.15, 0.2) is 0 Å². The van der Waals surface area contributed by atoms with Gasteiger partial charge >= 0.3 is 0 Å². The minimum Gasteiger partial charge on any atom is -0.299 e. The van der Waals surface area contributed by atoms with Gasteiger partial charge in [0.1, 0.15) is 11.9 Å². The van der Waals surface area contributed by atoms with Crippen molar-refractivity contribution in [3.63, 3.8) is 0 Å². The molecule has 3 heteroatoms. The lowest BCUT2D eigenvalue weighted by Crippen LogP contribution is -2.37. The zero-order valence-electron chi connectivity index (χ0n) is 11.0. The molecule has 0 aliphatic carbocycles. The van der Waals surface area contributed by atoms with Crippen LogP contribution in [-0.2, 0) is 6.54 Å². The van der Waals surface area contributed by atoms with Crippen LogP contribution in [0.15, 0.2) is 18.2 Å². The maximum Gasteiger partial charge on any atom is 0.145 e. The molecule has 1 fully saturated rings. The van der Waals surface area contributed by atoms with E-state index in [-0.39, 0.29) is 11.4 Å². The predicted octanol–water partition coefficient (Wildman–Crippen LogP) is 3.32. The molecular weight excluding hydrogens is 227 g/mol. The van der Waals surface area contributed by atoms with Crippen molar-refractivity contribution in [1.82, 2.24) is 4.90 Å². The first-order valence-electron chi connectivity index (χ1n) is 6.42. The molecule has 0 amide bonds. The highest BCUT2D eigenvalue weighted by Gasteiger charge is 2.25. The number of nitriles is 1. The highest BCUT2D eigenvalue weighted by atomic mass is 19.1. The largest absolute Gasteiger partial charge is 0.299 e. The Morgan fingerprint density at radius 3 is 2.61 bits per heavy atom. The summed E-state index contributed by atoms with van der Waals surface area (Å²) < 4.78 is 13.9. The zero-order valence-corrected chi connectivity index (χ0v) is 11.0. The van der Waals surface area contributed by atoms with Gasteiger partial charge < -0.3 is 0 Å². The fraction of sp³-hybridized carbons (Fsp3) is 0.533. The van der Waals surface area contributed by atoms with Gasteiger partial charge in [0.2, 0.25) is 0 Å². The molecule has 2 rings (SSSR count). The summed E-state index contributed by atoms with van der Waals surface area (Å²) in [4.78, 5) is 2.27. The molecule has 0 bridgehead atoms. The van der Waals surface area contributed by atoms with Crippen LogP contribution in [0.5, 0.6) is 0 Å². The van der Waals surface area contributed by atoms with E-state index in [1.54, 1.807) is 12.1 Å². The number of likely N-dealkylation sites (tertiary alicyclic amines) is 1. The average molecular weight is 246 g/mol. The summed E-state index contributed by atoms with van der Waals surface area (Å²) in [6.07, 6.45) is 2.29. The normalized spacial score (nSPS) is 19.4. The third-order valence-electron chi connectivity index (χ3n) is 3.80. The van der Waals surface area contributed by atoms with Crippen LogP contribution in [0.2, 0.25) is 0 Å². The summed E-state index contributed by atoms with van der Waals surface area (Å²) in [6.45, 7) is 7.17. The second-order valence-electron chi connectivity index (χ2n) is 5.83. The van der Waals surface area contributed by atoms with Crippen molar-refractivity contribution in [3.05, 3.63) is 35.1 Å². The number of hydrogen-bond acceptors (Lipinski definition) is 2. The van der Waals surface area contributed by atoms with E-state index in [1.165, 1.54) is 6.07 Å². The lowest BCUT2D eigenvalue weighted by molar-refractivity contribution is 0.126. The first-order valence-corrected chi connectivity index (χ1v) is 6.42. The Kier molecular flexibility index (Phi) is 3.68. The third-order valence-corrected chi connectivity index (χ3v) is 3.80. The first kappa shape index (κ1) is 13.0. The van der Waals surface area contributed by atoms with Gasteiger partial charge in [-0.1, -0.05) is 26.0 Å². The van der Waals surface area contributed by atoms with Crippen molar-refractivity contribution < 1.29 is 4.39 Å². The molecule has 0 unspecified atom stereocenters. The van der Waals surface area contributed by atoms with E-state index in [2.05, 4.69) is 18.7 Å². The molecule has 0 spiro atoms. The number of hydrogen-bond donors (Lipinski definition) is 0. The highest BCUT2D eigenvalue weighted by Crippen LogP contribution is 2.30. The number of benzene rings is 1. The van der Waals surface area contributed by atoms with Gasteiger partial charge in [-0.2, -0.15) is 5.26 Å². The molecule has 18 heavy (non-hydrogen) atoms. The van der Waals surface area contributed by atoms with Crippen molar-refractivity contribution in [2.45, 2.75) is 33.2 Å². The van der Waals surface area contributed by atoms with Gasteiger partial charge in [0.05, 0.1) is 5.56 Å². The van der Waals surface area contributed by atoms with E-state index >= 15 is 0 Å². The monoisotopic (exact) mass is 246 g/mol. The zero-order chi connectivity index (χ0) is 13.2. The third kappa shape index (κ3) is 2.88. The van der Waals surface area contributed by atoms with Crippen molar-refractivity contribution in [1.29, 1.82) is 5.26 Å². The van der Waals surface area contributed by atoms with Gasteiger partial charge in [0, 0.05) is 12.1 Å². The van der Waals surface area contributed by atoms with Crippen LogP contribution in [-0.4, -0.2) is 18.0 Å². The van der Waals surface area contributed by atoms with Crippen LogP contribution in [0.1, 0.15) is 37.8 Å². The average Bonchev–Trinajstić information content (AvgIpc) is 2.34. The minimum absolute atomic E-state index is 0.143. The molecule has 1 heterocycles. The van der Waals surface area contributed by atoms with Crippen molar-refractivity contribution in [2.75, 3.05) is 13.1 Å². The smallest absolute Gasteiger partial charge is 0.145 e. The van der Waals surface area contributed by atoms with Gasteiger partial charge in [0.25, 0.3) is 0 Å². The molecule has 0 saturated carbocycles. The van der Waals surface area contributed by atoms with E-state index in [4.69, 9.17) is 5.26 Å². The number of nitrogens with zero attached hydrogens (tertiary/aromatic N) is 2. The lowest BCUT2D eigenvalue weighted by atomic mass is 9.82. The van der Waals surface area contributed by atoms with Crippen molar-refractivity contribution in [2.24, 2.45) is 5.41 Å². The molecule has 0 radical (unpaired) electrons. The van der Waals surface area contributed by atoms with Crippen LogP contribution < -0.4 is 0 Å². The molecule has 0 N–H and O–H groups in total. The topological polar surface area (TPSA) is 27.0 Å². The Balaban J connectivity index is 2.05. The Bertz CT molecular complexity index is 464. The summed E-state index contributed by atoms with van der Waals surface area (Å²) in [5, 5.41) is 8.81. The van der Waals surface area contributed by atoms with Crippen molar-refractivity contribution in [3.8, 4) is 6.07 Å². The standard InChI is InChI=1S/C15H19FN2/c1-15(2)6-8-18(9-7-15)11-13-5-3-4-12(10-17)14(13)16/h3-5H,6-9,11H2,1-2H3. The summed E-state index contributed by atoms with van der Waals surface area (Å²) in [5.41, 5.74) is 1.18. The van der Waals surface area contributed by atoms with Crippen LogP contribution >= 0.6 is 0 Å². The van der Waals surface area contributed by atoms with E-state index in [9.17, 15) is 4.39 Å². The molecule has 2 nitrogen and oxygen atoms in total. The molecule has 1 aromatic rings. The fourth-order valence-corrected chi connectivity index (χ4v) is 2.35. The maximum absolute atomic E-state index is 13.9. The molecule has 0 aromatic heterocycles. The van der Waals surface area contributed by atoms with Crippen LogP contribution in [0.4, 0.5) is 4.39 Å². The van der Waals surface area contributed by atoms with Gasteiger partial charge in [-0.3, -0.25) is 4.90 Å². The Morgan fingerprint density at radius 2 is 2.00 bits per heavy atom. The second kappa shape index (κ2) is 5.07. The minimum atomic E-state index is -0.357. The molecule has 1 aliphatic rings. The predicted molar refractivity (Wildman–Crippen MR) is 69.4 cm³/mol. The highest BCUT2D eigenvalue weighted by molar-refractivity contribution is 5.34. The fourth-order valence-electron chi connectivity index (χ4n) is 2.35. The maximum atomic E-state index is 13.9. The van der Waals surface area contributed by atoms with Crippen molar-refractivity contribution >= 4 is 0 Å². The summed E-state index contributed by atoms with van der Waals surface area (Å²) in [7, 11) is 0. The van der Waals surface area contributed by atoms with E-state index in [0.29, 0.717) is 17.5 Å². The summed E-state index contributed by atoms with van der Waals surface area (Å²) in [5.74, 6) is -0.357. The van der Waals surface area contributed by atoms with E-state index in [1.807, 2.05) is 6.07 Å². The number of piperidine rings is 1. The molecular formula is C15H19FN2. The molecule has 1 aliphatic heterocycles. The lowest BCUT2D eigenvalue weighted by Gasteiger charge is -2.36. The van der Waals surface area contributed by atoms with E-state index in [0.717, 1.165) is 25.9 Å². The van der Waals surface area contributed by atoms with Gasteiger partial charge in [-0.25, -0.2) is 4.39 Å². The molecule has 1 saturated heterocycles.